The summed E-state index contributed by atoms with van der Waals surface area (Å²) < 4.78 is 5.67. The van der Waals surface area contributed by atoms with Crippen LogP contribution in [0.15, 0.2) is 18.2 Å². The summed E-state index contributed by atoms with van der Waals surface area (Å²) in [7, 11) is 1.88. The summed E-state index contributed by atoms with van der Waals surface area (Å²) >= 11 is 0. The van der Waals surface area contributed by atoms with E-state index < -0.39 is 0 Å². The van der Waals surface area contributed by atoms with Gasteiger partial charge >= 0.3 is 0 Å². The smallest absolute Gasteiger partial charge is 0.254 e. The number of anilines is 1. The molecule has 1 heterocycles. The lowest BCUT2D eigenvalue weighted by Gasteiger charge is -2.35. The number of amides is 1. The van der Waals surface area contributed by atoms with Crippen LogP contribution in [-0.4, -0.2) is 43.2 Å². The third kappa shape index (κ3) is 3.07. The van der Waals surface area contributed by atoms with Crippen molar-refractivity contribution in [1.29, 1.82) is 0 Å². The molecule has 0 aromatic heterocycles. The van der Waals surface area contributed by atoms with Crippen LogP contribution < -0.4 is 5.32 Å². The molecule has 1 aromatic carbocycles. The first-order chi connectivity index (χ1) is 9.01. The molecule has 2 rings (SSSR count). The molecule has 104 valence electrons. The van der Waals surface area contributed by atoms with Crippen molar-refractivity contribution < 1.29 is 9.53 Å². The maximum Gasteiger partial charge on any atom is 0.254 e. The van der Waals surface area contributed by atoms with Gasteiger partial charge in [-0.1, -0.05) is 0 Å². The normalized spacial score (nSPS) is 23.3. The molecule has 1 saturated heterocycles. The van der Waals surface area contributed by atoms with E-state index in [1.807, 2.05) is 50.9 Å². The predicted octanol–water partition coefficient (Wildman–Crippen LogP) is 2.29. The van der Waals surface area contributed by atoms with Crippen LogP contribution >= 0.6 is 0 Å². The fourth-order valence-electron chi connectivity index (χ4n) is 2.57. The third-order valence-corrected chi connectivity index (χ3v) is 3.45. The molecular formula is C15H22N2O2. The maximum absolute atomic E-state index is 12.6. The summed E-state index contributed by atoms with van der Waals surface area (Å²) in [6, 6.07) is 5.84. The van der Waals surface area contributed by atoms with Crippen molar-refractivity contribution in [3.63, 3.8) is 0 Å². The van der Waals surface area contributed by atoms with Gasteiger partial charge in [-0.25, -0.2) is 0 Å². The van der Waals surface area contributed by atoms with Crippen molar-refractivity contribution in [3.8, 4) is 0 Å². The lowest BCUT2D eigenvalue weighted by atomic mass is 10.1. The summed E-state index contributed by atoms with van der Waals surface area (Å²) in [5, 5.41) is 3.08. The molecule has 0 bridgehead atoms. The third-order valence-electron chi connectivity index (χ3n) is 3.45. The Bertz CT molecular complexity index is 463. The number of nitrogens with zero attached hydrogens (tertiary/aromatic N) is 1. The van der Waals surface area contributed by atoms with Crippen molar-refractivity contribution in [3.05, 3.63) is 29.3 Å². The number of nitrogens with one attached hydrogen (secondary N) is 1. The molecule has 19 heavy (non-hydrogen) atoms. The van der Waals surface area contributed by atoms with E-state index in [0.717, 1.165) is 16.8 Å². The van der Waals surface area contributed by atoms with Crippen LogP contribution in [0.3, 0.4) is 0 Å². The Balaban J connectivity index is 2.19. The minimum absolute atomic E-state index is 0.0992. The Morgan fingerprint density at radius 2 is 1.95 bits per heavy atom. The number of ether oxygens (including phenoxy) is 1. The minimum atomic E-state index is 0.0992. The Labute approximate surface area is 114 Å². The van der Waals surface area contributed by atoms with Gasteiger partial charge in [-0.05, 0) is 44.5 Å². The van der Waals surface area contributed by atoms with Crippen LogP contribution in [0.5, 0.6) is 0 Å². The molecule has 2 atom stereocenters. The van der Waals surface area contributed by atoms with Crippen molar-refractivity contribution >= 4 is 11.6 Å². The summed E-state index contributed by atoms with van der Waals surface area (Å²) in [4.78, 5) is 14.5. The van der Waals surface area contributed by atoms with Crippen LogP contribution in [0.4, 0.5) is 5.69 Å². The Morgan fingerprint density at radius 3 is 2.47 bits per heavy atom. The fourth-order valence-corrected chi connectivity index (χ4v) is 2.57. The maximum atomic E-state index is 12.6. The number of carbonyl (C=O) groups excluding carboxylic acids is 1. The Hall–Kier alpha value is -1.55. The SMILES string of the molecule is CNc1ccc(C(=O)N2CC(C)OC(C)C2)c(C)c1. The first-order valence-electron chi connectivity index (χ1n) is 6.74. The standard InChI is InChI=1S/C15H22N2O2/c1-10-7-13(16-4)5-6-14(10)15(18)17-8-11(2)19-12(3)9-17/h5-7,11-12,16H,8-9H2,1-4H3. The van der Waals surface area contributed by atoms with Crippen molar-refractivity contribution in [2.75, 3.05) is 25.5 Å². The van der Waals surface area contributed by atoms with Gasteiger partial charge in [-0.2, -0.15) is 0 Å². The first-order valence-corrected chi connectivity index (χ1v) is 6.74. The molecular weight excluding hydrogens is 240 g/mol. The summed E-state index contributed by atoms with van der Waals surface area (Å²) in [5.41, 5.74) is 2.81. The monoisotopic (exact) mass is 262 g/mol. The molecule has 2 unspecified atom stereocenters. The summed E-state index contributed by atoms with van der Waals surface area (Å²) in [5.74, 6) is 0.0992. The Kier molecular flexibility index (Phi) is 4.10. The zero-order valence-electron chi connectivity index (χ0n) is 12.1. The van der Waals surface area contributed by atoms with Gasteiger partial charge in [-0.3, -0.25) is 4.79 Å². The van der Waals surface area contributed by atoms with E-state index in [4.69, 9.17) is 4.74 Å². The number of rotatable bonds is 2. The predicted molar refractivity (Wildman–Crippen MR) is 76.6 cm³/mol. The molecule has 0 spiro atoms. The number of morpholine rings is 1. The average molecular weight is 262 g/mol. The molecule has 1 aliphatic heterocycles. The molecule has 1 fully saturated rings. The number of aryl methyl sites for hydroxylation is 1. The van der Waals surface area contributed by atoms with Gasteiger partial charge in [0.1, 0.15) is 0 Å². The largest absolute Gasteiger partial charge is 0.388 e. The second-order valence-corrected chi connectivity index (χ2v) is 5.25. The van der Waals surface area contributed by atoms with Crippen LogP contribution in [0.1, 0.15) is 29.8 Å². The van der Waals surface area contributed by atoms with E-state index in [0.29, 0.717) is 13.1 Å². The molecule has 1 amide bonds. The number of hydrogen-bond donors (Lipinski definition) is 1. The first kappa shape index (κ1) is 13.9. The second kappa shape index (κ2) is 5.61. The van der Waals surface area contributed by atoms with Crippen molar-refractivity contribution in [2.24, 2.45) is 0 Å². The zero-order valence-corrected chi connectivity index (χ0v) is 12.1. The van der Waals surface area contributed by atoms with Crippen LogP contribution in [0, 0.1) is 6.92 Å². The fraction of sp³-hybridized carbons (Fsp3) is 0.533. The molecule has 1 N–H and O–H groups in total. The van der Waals surface area contributed by atoms with E-state index in [1.165, 1.54) is 0 Å². The van der Waals surface area contributed by atoms with Crippen LogP contribution in [-0.2, 0) is 4.74 Å². The highest BCUT2D eigenvalue weighted by molar-refractivity contribution is 5.96. The van der Waals surface area contributed by atoms with E-state index in [1.54, 1.807) is 0 Å². The highest BCUT2D eigenvalue weighted by Gasteiger charge is 2.27. The number of hydrogen-bond acceptors (Lipinski definition) is 3. The van der Waals surface area contributed by atoms with Gasteiger partial charge in [0.2, 0.25) is 0 Å². The van der Waals surface area contributed by atoms with Gasteiger partial charge in [-0.15, -0.1) is 0 Å². The molecule has 4 heteroatoms. The van der Waals surface area contributed by atoms with Gasteiger partial charge in [0, 0.05) is 31.4 Å². The van der Waals surface area contributed by atoms with Crippen molar-refractivity contribution in [1.82, 2.24) is 4.90 Å². The van der Waals surface area contributed by atoms with Crippen LogP contribution in [0.25, 0.3) is 0 Å². The van der Waals surface area contributed by atoms with E-state index in [-0.39, 0.29) is 18.1 Å². The molecule has 0 radical (unpaired) electrons. The van der Waals surface area contributed by atoms with E-state index in [2.05, 4.69) is 5.32 Å². The van der Waals surface area contributed by atoms with Gasteiger partial charge in [0.25, 0.3) is 5.91 Å². The second-order valence-electron chi connectivity index (χ2n) is 5.25. The van der Waals surface area contributed by atoms with E-state index in [9.17, 15) is 4.79 Å². The van der Waals surface area contributed by atoms with E-state index >= 15 is 0 Å². The lowest BCUT2D eigenvalue weighted by Crippen LogP contribution is -2.48. The minimum Gasteiger partial charge on any atom is -0.388 e. The topological polar surface area (TPSA) is 41.6 Å². The number of carbonyl (C=O) groups is 1. The molecule has 4 nitrogen and oxygen atoms in total. The highest BCUT2D eigenvalue weighted by Crippen LogP contribution is 2.19. The Morgan fingerprint density at radius 1 is 1.32 bits per heavy atom. The molecule has 0 aliphatic carbocycles. The quantitative estimate of drug-likeness (QED) is 0.889. The van der Waals surface area contributed by atoms with Crippen molar-refractivity contribution in [2.45, 2.75) is 33.0 Å². The highest BCUT2D eigenvalue weighted by atomic mass is 16.5. The summed E-state index contributed by atoms with van der Waals surface area (Å²) in [6.45, 7) is 7.31. The van der Waals surface area contributed by atoms with Crippen LogP contribution in [0.2, 0.25) is 0 Å². The lowest BCUT2D eigenvalue weighted by molar-refractivity contribution is -0.0586. The van der Waals surface area contributed by atoms with Gasteiger partial charge < -0.3 is 15.0 Å². The average Bonchev–Trinajstić information content (AvgIpc) is 2.36. The summed E-state index contributed by atoms with van der Waals surface area (Å²) in [6.07, 6.45) is 0.203. The molecule has 1 aromatic rings. The number of benzene rings is 1. The molecule has 0 saturated carbocycles. The van der Waals surface area contributed by atoms with Gasteiger partial charge in [0.05, 0.1) is 12.2 Å². The molecule has 1 aliphatic rings. The van der Waals surface area contributed by atoms with Gasteiger partial charge in [0.15, 0.2) is 0 Å². The zero-order chi connectivity index (χ0) is 14.0.